The molecule has 8 heteroatoms. The summed E-state index contributed by atoms with van der Waals surface area (Å²) < 4.78 is 0.870. The Hall–Kier alpha value is -1.70. The Morgan fingerprint density at radius 2 is 2.18 bits per heavy atom. The lowest BCUT2D eigenvalue weighted by molar-refractivity contribution is 1.01. The zero-order chi connectivity index (χ0) is 15.5. The van der Waals surface area contributed by atoms with E-state index in [-0.39, 0.29) is 0 Å². The molecule has 0 spiro atoms. The second-order valence-corrected chi connectivity index (χ2v) is 7.14. The smallest absolute Gasteiger partial charge is 0.174 e. The number of aryl methyl sites for hydroxylation is 1. The number of halogens is 1. The van der Waals surface area contributed by atoms with Crippen LogP contribution in [0.4, 0.5) is 5.82 Å². The third-order valence-corrected chi connectivity index (χ3v) is 5.22. The van der Waals surface area contributed by atoms with E-state index < -0.39 is 0 Å². The maximum atomic E-state index is 5.98. The van der Waals surface area contributed by atoms with Crippen LogP contribution in [0.2, 0.25) is 5.02 Å². The highest BCUT2D eigenvalue weighted by molar-refractivity contribution is 8.00. The molecule has 112 valence electrons. The van der Waals surface area contributed by atoms with Crippen molar-refractivity contribution in [3.05, 3.63) is 46.9 Å². The molecule has 2 aromatic heterocycles. The summed E-state index contributed by atoms with van der Waals surface area (Å²) in [6.45, 7) is 1.80. The van der Waals surface area contributed by atoms with Crippen LogP contribution in [0.25, 0.3) is 10.6 Å². The van der Waals surface area contributed by atoms with Gasteiger partial charge in [0.25, 0.3) is 0 Å². The minimum atomic E-state index is 0.426. The fourth-order valence-corrected chi connectivity index (χ4v) is 3.83. The van der Waals surface area contributed by atoms with Crippen LogP contribution in [0.5, 0.6) is 0 Å². The minimum absolute atomic E-state index is 0.426. The lowest BCUT2D eigenvalue weighted by Crippen LogP contribution is -1.97. The SMILES string of the molecule is Cc1ncc(-c2nnc(SCc3cccc(Cl)c3)s2)c(N)n1. The van der Waals surface area contributed by atoms with Gasteiger partial charge in [-0.05, 0) is 24.6 Å². The maximum Gasteiger partial charge on any atom is 0.174 e. The van der Waals surface area contributed by atoms with Gasteiger partial charge in [-0.15, -0.1) is 10.2 Å². The fourth-order valence-electron chi connectivity index (χ4n) is 1.80. The van der Waals surface area contributed by atoms with Gasteiger partial charge >= 0.3 is 0 Å². The second kappa shape index (κ2) is 6.60. The van der Waals surface area contributed by atoms with Crippen LogP contribution in [0.15, 0.2) is 34.8 Å². The Bertz CT molecular complexity index is 805. The van der Waals surface area contributed by atoms with Gasteiger partial charge in [-0.25, -0.2) is 9.97 Å². The first kappa shape index (κ1) is 15.2. The lowest BCUT2D eigenvalue weighted by atomic mass is 10.2. The number of thioether (sulfide) groups is 1. The summed E-state index contributed by atoms with van der Waals surface area (Å²) >= 11 is 9.07. The number of rotatable bonds is 4. The Morgan fingerprint density at radius 3 is 2.95 bits per heavy atom. The Balaban J connectivity index is 1.73. The van der Waals surface area contributed by atoms with Crippen molar-refractivity contribution in [2.45, 2.75) is 17.0 Å². The molecule has 0 fully saturated rings. The fraction of sp³-hybridized carbons (Fsp3) is 0.143. The van der Waals surface area contributed by atoms with Crippen molar-refractivity contribution >= 4 is 40.5 Å². The predicted octanol–water partition coefficient (Wildman–Crippen LogP) is 3.83. The molecule has 0 saturated carbocycles. The summed E-state index contributed by atoms with van der Waals surface area (Å²) in [6.07, 6.45) is 1.68. The van der Waals surface area contributed by atoms with E-state index >= 15 is 0 Å². The molecule has 0 unspecified atom stereocenters. The van der Waals surface area contributed by atoms with Gasteiger partial charge in [0.1, 0.15) is 11.6 Å². The van der Waals surface area contributed by atoms with Crippen LogP contribution < -0.4 is 5.73 Å². The first-order valence-electron chi connectivity index (χ1n) is 6.42. The van der Waals surface area contributed by atoms with Crippen molar-refractivity contribution < 1.29 is 0 Å². The van der Waals surface area contributed by atoms with Crippen molar-refractivity contribution in [3.63, 3.8) is 0 Å². The Labute approximate surface area is 141 Å². The number of benzene rings is 1. The Morgan fingerprint density at radius 1 is 1.32 bits per heavy atom. The average Bonchev–Trinajstić information content (AvgIpc) is 2.94. The lowest BCUT2D eigenvalue weighted by Gasteiger charge is -2.00. The van der Waals surface area contributed by atoms with Crippen LogP contribution in [0.1, 0.15) is 11.4 Å². The highest BCUT2D eigenvalue weighted by atomic mass is 35.5. The van der Waals surface area contributed by atoms with E-state index in [1.807, 2.05) is 24.3 Å². The van der Waals surface area contributed by atoms with Crippen molar-refractivity contribution in [1.82, 2.24) is 20.2 Å². The number of hydrogen-bond donors (Lipinski definition) is 1. The van der Waals surface area contributed by atoms with E-state index in [1.165, 1.54) is 11.3 Å². The Kier molecular flexibility index (Phi) is 4.56. The van der Waals surface area contributed by atoms with Gasteiger partial charge in [-0.3, -0.25) is 0 Å². The maximum absolute atomic E-state index is 5.98. The number of nitrogen functional groups attached to an aromatic ring is 1. The number of nitrogens with zero attached hydrogens (tertiary/aromatic N) is 4. The third-order valence-electron chi connectivity index (χ3n) is 2.83. The molecule has 2 heterocycles. The van der Waals surface area contributed by atoms with E-state index in [2.05, 4.69) is 20.2 Å². The number of hydrogen-bond acceptors (Lipinski definition) is 7. The molecule has 1 aromatic carbocycles. The molecule has 0 amide bonds. The molecule has 0 saturated heterocycles. The summed E-state index contributed by atoms with van der Waals surface area (Å²) in [7, 11) is 0. The molecule has 0 aliphatic rings. The first-order valence-corrected chi connectivity index (χ1v) is 8.60. The van der Waals surface area contributed by atoms with Gasteiger partial charge in [-0.1, -0.05) is 46.8 Å². The highest BCUT2D eigenvalue weighted by Crippen LogP contribution is 2.33. The monoisotopic (exact) mass is 349 g/mol. The van der Waals surface area contributed by atoms with Gasteiger partial charge in [-0.2, -0.15) is 0 Å². The summed E-state index contributed by atoms with van der Waals surface area (Å²) in [6, 6.07) is 7.78. The molecule has 22 heavy (non-hydrogen) atoms. The zero-order valence-electron chi connectivity index (χ0n) is 11.7. The van der Waals surface area contributed by atoms with E-state index in [0.717, 1.165) is 31.2 Å². The zero-order valence-corrected chi connectivity index (χ0v) is 14.0. The first-order chi connectivity index (χ1) is 10.6. The molecule has 0 aliphatic carbocycles. The van der Waals surface area contributed by atoms with E-state index in [4.69, 9.17) is 17.3 Å². The van der Waals surface area contributed by atoms with Gasteiger partial charge in [0.15, 0.2) is 9.35 Å². The molecule has 3 aromatic rings. The summed E-state index contributed by atoms with van der Waals surface area (Å²) in [4.78, 5) is 8.30. The number of nitrogens with two attached hydrogens (primary N) is 1. The van der Waals surface area contributed by atoms with Crippen LogP contribution in [0, 0.1) is 6.92 Å². The molecule has 0 radical (unpaired) electrons. The van der Waals surface area contributed by atoms with Crippen molar-refractivity contribution in [1.29, 1.82) is 0 Å². The van der Waals surface area contributed by atoms with Crippen molar-refractivity contribution in [2.75, 3.05) is 5.73 Å². The van der Waals surface area contributed by atoms with Crippen LogP contribution in [0.3, 0.4) is 0 Å². The summed E-state index contributed by atoms with van der Waals surface area (Å²) in [5.74, 6) is 1.85. The third kappa shape index (κ3) is 3.55. The minimum Gasteiger partial charge on any atom is -0.383 e. The van der Waals surface area contributed by atoms with Crippen molar-refractivity contribution in [2.24, 2.45) is 0 Å². The molecular weight excluding hydrogens is 338 g/mol. The molecule has 0 aliphatic heterocycles. The molecule has 5 nitrogen and oxygen atoms in total. The number of aromatic nitrogens is 4. The summed E-state index contributed by atoms with van der Waals surface area (Å²) in [5.41, 5.74) is 7.78. The quantitative estimate of drug-likeness (QED) is 0.721. The standard InChI is InChI=1S/C14H12ClN5S2/c1-8-17-6-11(12(16)18-8)13-19-20-14(22-13)21-7-9-3-2-4-10(15)5-9/h2-6H,7H2,1H3,(H2,16,17,18). The van der Waals surface area contributed by atoms with Gasteiger partial charge in [0, 0.05) is 17.0 Å². The van der Waals surface area contributed by atoms with Crippen molar-refractivity contribution in [3.8, 4) is 10.6 Å². The second-order valence-electron chi connectivity index (χ2n) is 4.51. The molecule has 0 bridgehead atoms. The molecule has 0 atom stereocenters. The van der Waals surface area contributed by atoms with Gasteiger partial charge in [0.05, 0.1) is 5.56 Å². The highest BCUT2D eigenvalue weighted by Gasteiger charge is 2.12. The van der Waals surface area contributed by atoms with Gasteiger partial charge < -0.3 is 5.73 Å². The average molecular weight is 350 g/mol. The van der Waals surface area contributed by atoms with Crippen LogP contribution in [-0.4, -0.2) is 20.2 Å². The van der Waals surface area contributed by atoms with Gasteiger partial charge in [0.2, 0.25) is 0 Å². The van der Waals surface area contributed by atoms with E-state index in [0.29, 0.717) is 11.6 Å². The molecule has 2 N–H and O–H groups in total. The normalized spacial score (nSPS) is 10.8. The van der Waals surface area contributed by atoms with Crippen LogP contribution in [-0.2, 0) is 5.75 Å². The molecule has 3 rings (SSSR count). The summed E-state index contributed by atoms with van der Waals surface area (Å²) in [5, 5.41) is 9.81. The predicted molar refractivity (Wildman–Crippen MR) is 91.1 cm³/mol. The molecular formula is C14H12ClN5S2. The topological polar surface area (TPSA) is 77.6 Å². The largest absolute Gasteiger partial charge is 0.383 e. The van der Waals surface area contributed by atoms with Crippen LogP contribution >= 0.6 is 34.7 Å². The number of anilines is 1. The van der Waals surface area contributed by atoms with E-state index in [9.17, 15) is 0 Å². The van der Waals surface area contributed by atoms with E-state index in [1.54, 1.807) is 24.9 Å².